The van der Waals surface area contributed by atoms with Crippen LogP contribution in [0.5, 0.6) is 0 Å². The van der Waals surface area contributed by atoms with Crippen LogP contribution in [0.4, 0.5) is 0 Å². The van der Waals surface area contributed by atoms with Crippen molar-refractivity contribution in [1.82, 2.24) is 0 Å². The molecule has 0 aliphatic rings. The molecule has 0 N–H and O–H groups in total. The van der Waals surface area contributed by atoms with E-state index in [0.29, 0.717) is 0 Å². The van der Waals surface area contributed by atoms with E-state index in [1.807, 2.05) is 0 Å². The molecule has 2 aromatic carbocycles. The van der Waals surface area contributed by atoms with Crippen LogP contribution in [-0.4, -0.2) is 8.80 Å². The second-order valence-corrected chi connectivity index (χ2v) is 6.76. The molecule has 0 fully saturated rings. The van der Waals surface area contributed by atoms with Gasteiger partial charge in [-0.2, -0.15) is 16.9 Å². The zero-order chi connectivity index (χ0) is 11.5. The van der Waals surface area contributed by atoms with Crippen molar-refractivity contribution in [1.29, 1.82) is 0 Å². The first-order valence-electron chi connectivity index (χ1n) is 5.64. The SMILES string of the molecule is Cc1ccc([Si-](C)c2ccc(C)cc2)cc1.[Li+]. The van der Waals surface area contributed by atoms with Crippen molar-refractivity contribution in [3.05, 3.63) is 59.7 Å². The fourth-order valence-electron chi connectivity index (χ4n) is 1.77. The van der Waals surface area contributed by atoms with E-state index in [1.54, 1.807) is 0 Å². The van der Waals surface area contributed by atoms with Crippen molar-refractivity contribution in [2.45, 2.75) is 20.4 Å². The molecule has 82 valence electrons. The van der Waals surface area contributed by atoms with Gasteiger partial charge in [-0.05, 0) is 13.8 Å². The van der Waals surface area contributed by atoms with Gasteiger partial charge in [0.05, 0.1) is 0 Å². The maximum absolute atomic E-state index is 2.36. The van der Waals surface area contributed by atoms with Crippen LogP contribution in [0.15, 0.2) is 48.5 Å². The largest absolute Gasteiger partial charge is 1.00 e. The van der Waals surface area contributed by atoms with Gasteiger partial charge in [-0.15, -0.1) is 0 Å². The Morgan fingerprint density at radius 3 is 1.24 bits per heavy atom. The Bertz CT molecular complexity index is 414. The Morgan fingerprint density at radius 1 is 0.647 bits per heavy atom. The average molecular weight is 232 g/mol. The fourth-order valence-corrected chi connectivity index (χ4v) is 3.44. The monoisotopic (exact) mass is 232 g/mol. The Morgan fingerprint density at radius 2 is 0.941 bits per heavy atom. The number of hydrogen-bond acceptors (Lipinski definition) is 0. The van der Waals surface area contributed by atoms with Gasteiger partial charge in [-0.25, -0.2) is 0 Å². The van der Waals surface area contributed by atoms with E-state index in [1.165, 1.54) is 21.5 Å². The third-order valence-electron chi connectivity index (χ3n) is 2.97. The van der Waals surface area contributed by atoms with Gasteiger partial charge in [0.25, 0.3) is 0 Å². The third-order valence-corrected chi connectivity index (χ3v) is 5.37. The molecule has 0 atom stereocenters. The molecule has 0 heterocycles. The molecule has 0 aromatic heterocycles. The molecule has 2 rings (SSSR count). The summed E-state index contributed by atoms with van der Waals surface area (Å²) in [7, 11) is -0.578. The van der Waals surface area contributed by atoms with Gasteiger partial charge in [0.1, 0.15) is 0 Å². The Hall–Kier alpha value is -0.746. The molecule has 0 nitrogen and oxygen atoms in total. The molecular formula is C15H17LiSi. The molecule has 0 amide bonds. The van der Waals surface area contributed by atoms with Gasteiger partial charge in [-0.1, -0.05) is 59.7 Å². The van der Waals surface area contributed by atoms with Crippen LogP contribution in [0, 0.1) is 13.8 Å². The third kappa shape index (κ3) is 3.61. The summed E-state index contributed by atoms with van der Waals surface area (Å²) in [5.74, 6) is 0. The molecule has 2 aromatic rings. The van der Waals surface area contributed by atoms with Crippen LogP contribution in [0.1, 0.15) is 11.1 Å². The summed E-state index contributed by atoms with van der Waals surface area (Å²) in [4.78, 5) is 0. The first kappa shape index (κ1) is 14.3. The van der Waals surface area contributed by atoms with E-state index >= 15 is 0 Å². The number of benzene rings is 2. The zero-order valence-corrected chi connectivity index (χ0v) is 12.1. The first-order chi connectivity index (χ1) is 7.66. The van der Waals surface area contributed by atoms with E-state index in [9.17, 15) is 0 Å². The maximum Gasteiger partial charge on any atom is 1.00 e. The number of aryl methyl sites for hydroxylation is 2. The van der Waals surface area contributed by atoms with Crippen molar-refractivity contribution in [2.24, 2.45) is 0 Å². The van der Waals surface area contributed by atoms with Gasteiger partial charge in [0.15, 0.2) is 0 Å². The summed E-state index contributed by atoms with van der Waals surface area (Å²) < 4.78 is 0. The Balaban J connectivity index is 0.00000144. The van der Waals surface area contributed by atoms with Crippen LogP contribution in [-0.2, 0) is 0 Å². The topological polar surface area (TPSA) is 0 Å². The minimum atomic E-state index is -0.578. The Labute approximate surface area is 118 Å². The van der Waals surface area contributed by atoms with E-state index in [-0.39, 0.29) is 18.9 Å². The summed E-state index contributed by atoms with van der Waals surface area (Å²) in [5.41, 5.74) is 2.67. The van der Waals surface area contributed by atoms with Gasteiger partial charge in [0.2, 0.25) is 0 Å². The predicted octanol–water partition coefficient (Wildman–Crippen LogP) is -0.454. The minimum absolute atomic E-state index is 0. The van der Waals surface area contributed by atoms with Crippen LogP contribution >= 0.6 is 0 Å². The molecule has 0 saturated carbocycles. The van der Waals surface area contributed by atoms with E-state index in [0.717, 1.165) is 0 Å². The van der Waals surface area contributed by atoms with Gasteiger partial charge in [0, 0.05) is 0 Å². The molecule has 0 bridgehead atoms. The molecule has 0 aliphatic carbocycles. The van der Waals surface area contributed by atoms with Crippen molar-refractivity contribution in [3.63, 3.8) is 0 Å². The molecule has 0 radical (unpaired) electrons. The molecule has 0 unspecified atom stereocenters. The van der Waals surface area contributed by atoms with E-state index < -0.39 is 8.80 Å². The molecule has 0 spiro atoms. The second-order valence-electron chi connectivity index (χ2n) is 4.36. The van der Waals surface area contributed by atoms with E-state index in [2.05, 4.69) is 68.9 Å². The second kappa shape index (κ2) is 6.26. The summed E-state index contributed by atoms with van der Waals surface area (Å²) >= 11 is 0. The first-order valence-corrected chi connectivity index (χ1v) is 7.64. The van der Waals surface area contributed by atoms with Gasteiger partial charge < -0.3 is 0 Å². The zero-order valence-electron chi connectivity index (χ0n) is 11.1. The smallest absolute Gasteiger partial charge is 0.255 e. The summed E-state index contributed by atoms with van der Waals surface area (Å²) in [6.45, 7) is 6.63. The fraction of sp³-hybridized carbons (Fsp3) is 0.200. The van der Waals surface area contributed by atoms with Crippen molar-refractivity contribution >= 4 is 19.2 Å². The Kier molecular flexibility index (Phi) is 5.27. The molecule has 17 heavy (non-hydrogen) atoms. The van der Waals surface area contributed by atoms with Crippen molar-refractivity contribution < 1.29 is 18.9 Å². The maximum atomic E-state index is 2.36. The quantitative estimate of drug-likeness (QED) is 0.615. The van der Waals surface area contributed by atoms with Crippen LogP contribution in [0.25, 0.3) is 0 Å². The van der Waals surface area contributed by atoms with Crippen molar-refractivity contribution in [2.75, 3.05) is 0 Å². The van der Waals surface area contributed by atoms with Crippen molar-refractivity contribution in [3.8, 4) is 0 Å². The molecular weight excluding hydrogens is 215 g/mol. The number of rotatable bonds is 2. The standard InChI is InChI=1S/C15H17Si.Li/c1-12-4-8-14(9-5-12)16(3)15-10-6-13(2)7-11-15;/h4-11H,1-3H3;/q-1;+1. The molecule has 0 aliphatic heterocycles. The van der Waals surface area contributed by atoms with Crippen LogP contribution in [0.2, 0.25) is 6.55 Å². The van der Waals surface area contributed by atoms with Gasteiger partial charge >= 0.3 is 18.9 Å². The summed E-state index contributed by atoms with van der Waals surface area (Å²) in [6.07, 6.45) is 0. The predicted molar refractivity (Wildman–Crippen MR) is 73.2 cm³/mol. The molecule has 2 heteroatoms. The summed E-state index contributed by atoms with van der Waals surface area (Å²) in [5, 5.41) is 2.97. The van der Waals surface area contributed by atoms with Gasteiger partial charge in [-0.3, -0.25) is 8.80 Å². The number of hydrogen-bond donors (Lipinski definition) is 0. The summed E-state index contributed by atoms with van der Waals surface area (Å²) in [6, 6.07) is 17.9. The van der Waals surface area contributed by atoms with Crippen LogP contribution in [0.3, 0.4) is 0 Å². The normalized spacial score (nSPS) is 9.59. The van der Waals surface area contributed by atoms with Crippen LogP contribution < -0.4 is 29.2 Å². The van der Waals surface area contributed by atoms with E-state index in [4.69, 9.17) is 0 Å². The molecule has 0 saturated heterocycles. The minimum Gasteiger partial charge on any atom is -0.255 e. The average Bonchev–Trinajstić information content (AvgIpc) is 2.30.